The van der Waals surface area contributed by atoms with Crippen LogP contribution in [-0.2, 0) is 14.6 Å². The van der Waals surface area contributed by atoms with E-state index in [-0.39, 0.29) is 33.7 Å². The molecule has 140 valence electrons. The minimum absolute atomic E-state index is 0.00689. The van der Waals surface area contributed by atoms with Crippen molar-refractivity contribution in [3.05, 3.63) is 54.1 Å². The van der Waals surface area contributed by atoms with Gasteiger partial charge in [0.05, 0.1) is 16.3 Å². The molecule has 2 aromatic carbocycles. The molecule has 2 aromatic rings. The fraction of sp³-hybridized carbons (Fsp3) is 0.235. The van der Waals surface area contributed by atoms with Gasteiger partial charge in [0.2, 0.25) is 5.91 Å². The highest BCUT2D eigenvalue weighted by molar-refractivity contribution is 8.00. The number of rotatable bonds is 6. The van der Waals surface area contributed by atoms with Gasteiger partial charge in [0.1, 0.15) is 0 Å². The Bertz CT molecular complexity index is 879. The largest absolute Gasteiger partial charge is 0.446 e. The number of benzene rings is 2. The van der Waals surface area contributed by atoms with Gasteiger partial charge < -0.3 is 5.32 Å². The Morgan fingerprint density at radius 3 is 2.31 bits per heavy atom. The highest BCUT2D eigenvalue weighted by atomic mass is 32.2. The first kappa shape index (κ1) is 20.3. The first-order valence-corrected chi connectivity index (χ1v) is 9.98. The molecule has 0 radical (unpaired) electrons. The van der Waals surface area contributed by atoms with Gasteiger partial charge in [-0.05, 0) is 43.0 Å². The normalized spacial score (nSPS) is 12.0. The van der Waals surface area contributed by atoms with Crippen LogP contribution in [0.3, 0.4) is 0 Å². The van der Waals surface area contributed by atoms with Crippen molar-refractivity contribution < 1.29 is 26.4 Å². The van der Waals surface area contributed by atoms with E-state index < -0.39 is 27.0 Å². The summed E-state index contributed by atoms with van der Waals surface area (Å²) < 4.78 is 62.1. The third kappa shape index (κ3) is 6.06. The van der Waals surface area contributed by atoms with Gasteiger partial charge in [0, 0.05) is 11.3 Å². The Balaban J connectivity index is 2.02. The van der Waals surface area contributed by atoms with Gasteiger partial charge in [0.25, 0.3) is 0 Å². The Labute approximate surface area is 153 Å². The van der Waals surface area contributed by atoms with Crippen molar-refractivity contribution in [3.63, 3.8) is 0 Å². The standard InChI is InChI=1S/C17H16F3NO3S2/c1-12-6-8-13(9-7-12)26(23,24)11-10-16(22)21-14-4-2-3-5-15(14)25-17(18,19)20/h2-9H,10-11H2,1H3,(H,21,22). The molecule has 0 atom stereocenters. The monoisotopic (exact) mass is 403 g/mol. The van der Waals surface area contributed by atoms with E-state index in [1.165, 1.54) is 36.4 Å². The summed E-state index contributed by atoms with van der Waals surface area (Å²) in [7, 11) is -3.65. The zero-order chi connectivity index (χ0) is 19.4. The highest BCUT2D eigenvalue weighted by Crippen LogP contribution is 2.40. The second kappa shape index (κ2) is 8.13. The topological polar surface area (TPSA) is 63.2 Å². The second-order valence-electron chi connectivity index (χ2n) is 5.47. The van der Waals surface area contributed by atoms with Gasteiger partial charge in [-0.25, -0.2) is 8.42 Å². The molecule has 4 nitrogen and oxygen atoms in total. The maximum absolute atomic E-state index is 12.6. The molecule has 0 bridgehead atoms. The molecule has 2 rings (SSSR count). The number of halogens is 3. The Morgan fingerprint density at radius 2 is 1.69 bits per heavy atom. The van der Waals surface area contributed by atoms with Crippen molar-refractivity contribution in [2.75, 3.05) is 11.1 Å². The van der Waals surface area contributed by atoms with Gasteiger partial charge in [-0.2, -0.15) is 13.2 Å². The van der Waals surface area contributed by atoms with Gasteiger partial charge in [0.15, 0.2) is 9.84 Å². The smallest absolute Gasteiger partial charge is 0.325 e. The SMILES string of the molecule is Cc1ccc(S(=O)(=O)CCC(=O)Nc2ccccc2SC(F)(F)F)cc1. The fourth-order valence-electron chi connectivity index (χ4n) is 2.09. The summed E-state index contributed by atoms with van der Waals surface area (Å²) in [5, 5.41) is 2.34. The number of amides is 1. The van der Waals surface area contributed by atoms with Crippen LogP contribution in [0.15, 0.2) is 58.3 Å². The number of nitrogens with one attached hydrogen (secondary N) is 1. The van der Waals surface area contributed by atoms with Crippen molar-refractivity contribution >= 4 is 33.2 Å². The Kier molecular flexibility index (Phi) is 6.35. The summed E-state index contributed by atoms with van der Waals surface area (Å²) in [5.74, 6) is -1.10. The molecule has 0 aromatic heterocycles. The molecular formula is C17H16F3NO3S2. The molecule has 1 amide bonds. The van der Waals surface area contributed by atoms with Crippen LogP contribution in [0, 0.1) is 6.92 Å². The first-order chi connectivity index (χ1) is 12.1. The van der Waals surface area contributed by atoms with Crippen LogP contribution >= 0.6 is 11.8 Å². The summed E-state index contributed by atoms with van der Waals surface area (Å²) in [6.45, 7) is 1.82. The molecule has 0 spiro atoms. The maximum Gasteiger partial charge on any atom is 0.446 e. The van der Waals surface area contributed by atoms with E-state index in [1.54, 1.807) is 12.1 Å². The zero-order valence-corrected chi connectivity index (χ0v) is 15.3. The van der Waals surface area contributed by atoms with Crippen molar-refractivity contribution in [2.24, 2.45) is 0 Å². The van der Waals surface area contributed by atoms with E-state index in [9.17, 15) is 26.4 Å². The second-order valence-corrected chi connectivity index (χ2v) is 8.69. The Morgan fingerprint density at radius 1 is 1.08 bits per heavy atom. The third-order valence-electron chi connectivity index (χ3n) is 3.36. The van der Waals surface area contributed by atoms with Crippen LogP contribution < -0.4 is 5.32 Å². The summed E-state index contributed by atoms with van der Waals surface area (Å²) in [6.07, 6.45) is -0.360. The number of thioether (sulfide) groups is 1. The van der Waals surface area contributed by atoms with Crippen molar-refractivity contribution in [2.45, 2.75) is 28.6 Å². The van der Waals surface area contributed by atoms with Crippen LogP contribution in [0.2, 0.25) is 0 Å². The molecular weight excluding hydrogens is 387 g/mol. The molecule has 0 aliphatic heterocycles. The van der Waals surface area contributed by atoms with Gasteiger partial charge in [-0.15, -0.1) is 0 Å². The predicted molar refractivity (Wildman–Crippen MR) is 94.8 cm³/mol. The molecule has 0 fully saturated rings. The molecule has 0 aliphatic rings. The van der Waals surface area contributed by atoms with E-state index >= 15 is 0 Å². The number of carbonyl (C=O) groups is 1. The lowest BCUT2D eigenvalue weighted by molar-refractivity contribution is -0.115. The molecule has 0 saturated heterocycles. The van der Waals surface area contributed by atoms with E-state index in [4.69, 9.17) is 0 Å². The van der Waals surface area contributed by atoms with Crippen molar-refractivity contribution in [1.82, 2.24) is 0 Å². The number of anilines is 1. The van der Waals surface area contributed by atoms with Crippen LogP contribution in [0.25, 0.3) is 0 Å². The number of hydrogen-bond acceptors (Lipinski definition) is 4. The number of alkyl halides is 3. The van der Waals surface area contributed by atoms with Crippen LogP contribution in [0.1, 0.15) is 12.0 Å². The maximum atomic E-state index is 12.6. The molecule has 1 N–H and O–H groups in total. The average Bonchev–Trinajstić information content (AvgIpc) is 2.54. The summed E-state index contributed by atoms with van der Waals surface area (Å²) in [4.78, 5) is 11.9. The predicted octanol–water partition coefficient (Wildman–Crippen LogP) is 4.41. The lowest BCUT2D eigenvalue weighted by atomic mass is 10.2. The quantitative estimate of drug-likeness (QED) is 0.726. The lowest BCUT2D eigenvalue weighted by Gasteiger charge is -2.12. The number of carbonyl (C=O) groups excluding carboxylic acids is 1. The molecule has 9 heteroatoms. The van der Waals surface area contributed by atoms with Crippen LogP contribution in [-0.4, -0.2) is 25.6 Å². The molecule has 0 saturated carbocycles. The van der Waals surface area contributed by atoms with Crippen LogP contribution in [0.4, 0.5) is 18.9 Å². The van der Waals surface area contributed by atoms with Gasteiger partial charge in [-0.1, -0.05) is 29.8 Å². The van der Waals surface area contributed by atoms with E-state index in [0.717, 1.165) is 5.56 Å². The van der Waals surface area contributed by atoms with Gasteiger partial charge >= 0.3 is 5.51 Å². The zero-order valence-electron chi connectivity index (χ0n) is 13.7. The Hall–Kier alpha value is -2.00. The number of hydrogen-bond donors (Lipinski definition) is 1. The van der Waals surface area contributed by atoms with E-state index in [2.05, 4.69) is 5.32 Å². The van der Waals surface area contributed by atoms with Crippen LogP contribution in [0.5, 0.6) is 0 Å². The number of para-hydroxylation sites is 1. The minimum atomic E-state index is -4.49. The summed E-state index contributed by atoms with van der Waals surface area (Å²) >= 11 is -0.342. The third-order valence-corrected chi connectivity index (χ3v) is 5.90. The fourth-order valence-corrected chi connectivity index (χ4v) is 3.95. The average molecular weight is 403 g/mol. The summed E-state index contributed by atoms with van der Waals surface area (Å²) in [5.41, 5.74) is -3.59. The number of sulfone groups is 1. The molecule has 26 heavy (non-hydrogen) atoms. The van der Waals surface area contributed by atoms with Crippen molar-refractivity contribution in [1.29, 1.82) is 0 Å². The van der Waals surface area contributed by atoms with Crippen molar-refractivity contribution in [3.8, 4) is 0 Å². The molecule has 0 unspecified atom stereocenters. The summed E-state index contributed by atoms with van der Waals surface area (Å²) in [6, 6.07) is 11.7. The molecule has 0 aliphatic carbocycles. The number of aryl methyl sites for hydroxylation is 1. The van der Waals surface area contributed by atoms with E-state index in [0.29, 0.717) is 0 Å². The minimum Gasteiger partial charge on any atom is -0.325 e. The molecule has 0 heterocycles. The highest BCUT2D eigenvalue weighted by Gasteiger charge is 2.30. The van der Waals surface area contributed by atoms with E-state index in [1.807, 2.05) is 6.92 Å². The van der Waals surface area contributed by atoms with Gasteiger partial charge in [-0.3, -0.25) is 4.79 Å². The first-order valence-electron chi connectivity index (χ1n) is 7.51. The lowest BCUT2D eigenvalue weighted by Crippen LogP contribution is -2.18.